The molecule has 33 nitrogen and oxygen atoms in total. The molecular weight excluding hydrogens is 1430 g/mol. The topological polar surface area (TPSA) is 421 Å². The Kier molecular flexibility index (Phi) is 32.5. The first-order valence-corrected chi connectivity index (χ1v) is 37.1. The van der Waals surface area contributed by atoms with Crippen molar-refractivity contribution in [2.24, 2.45) is 0 Å². The molecular formula is C72H109Cl2N19O14. The molecule has 2 aromatic carbocycles. The van der Waals surface area contributed by atoms with Gasteiger partial charge in [-0.25, -0.2) is 43.5 Å². The Morgan fingerprint density at radius 2 is 0.785 bits per heavy atom. The Morgan fingerprint density at radius 3 is 1.16 bits per heavy atom. The summed E-state index contributed by atoms with van der Waals surface area (Å²) in [6.07, 6.45) is 6.73. The van der Waals surface area contributed by atoms with Crippen LogP contribution >= 0.6 is 23.2 Å². The van der Waals surface area contributed by atoms with E-state index in [1.165, 1.54) is 26.0 Å². The van der Waals surface area contributed by atoms with E-state index in [2.05, 4.69) is 67.6 Å². The fourth-order valence-corrected chi connectivity index (χ4v) is 12.5. The molecule has 8 heterocycles. The zero-order valence-corrected chi connectivity index (χ0v) is 65.1. The number of urea groups is 4. The second-order valence-electron chi connectivity index (χ2n) is 29.2. The number of aromatic nitrogens is 2. The van der Waals surface area contributed by atoms with Crippen molar-refractivity contribution in [2.75, 3.05) is 121 Å². The molecule has 0 saturated carbocycles. The van der Waals surface area contributed by atoms with Gasteiger partial charge in [-0.15, -0.1) is 0 Å². The number of nitrogen functional groups attached to an aromatic ring is 2. The zero-order valence-electron chi connectivity index (χ0n) is 63.6. The van der Waals surface area contributed by atoms with E-state index in [1.807, 2.05) is 42.5 Å². The van der Waals surface area contributed by atoms with Crippen LogP contribution < -0.4 is 69.1 Å². The van der Waals surface area contributed by atoms with Gasteiger partial charge in [0.1, 0.15) is 52.6 Å². The number of amides is 15. The second-order valence-corrected chi connectivity index (χ2v) is 30.0. The maximum atomic E-state index is 12.9. The number of carbonyl (C=O) groups excluding carboxylic acids is 11. The first kappa shape index (κ1) is 86.3. The molecule has 0 spiro atoms. The minimum absolute atomic E-state index is 0.122. The minimum Gasteiger partial charge on any atom is -0.444 e. The molecule has 0 bridgehead atoms. The highest BCUT2D eigenvalue weighted by Gasteiger charge is 2.37. The van der Waals surface area contributed by atoms with Gasteiger partial charge in [-0.3, -0.25) is 33.9 Å². The fourth-order valence-electron chi connectivity index (χ4n) is 12.2. The number of rotatable bonds is 6. The molecule has 4 aromatic rings. The Hall–Kier alpha value is -9.63. The molecule has 35 heteroatoms. The van der Waals surface area contributed by atoms with Gasteiger partial charge in [0.25, 0.3) is 17.7 Å². The lowest BCUT2D eigenvalue weighted by Crippen LogP contribution is -2.57. The minimum atomic E-state index is -0.718. The third kappa shape index (κ3) is 27.6. The van der Waals surface area contributed by atoms with Crippen LogP contribution in [0.2, 0.25) is 10.0 Å². The lowest BCUT2D eigenvalue weighted by atomic mass is 10.1. The third-order valence-electron chi connectivity index (χ3n) is 17.3. The van der Waals surface area contributed by atoms with Crippen LogP contribution in [-0.4, -0.2) is 236 Å². The Labute approximate surface area is 635 Å². The normalized spacial score (nSPS) is 19.5. The number of hydrogen-bond donors (Lipinski definition) is 11. The number of nitrogens with zero attached hydrogens (tertiary/aromatic N) is 8. The third-order valence-corrected chi connectivity index (χ3v) is 17.7. The van der Waals surface area contributed by atoms with Gasteiger partial charge < -0.3 is 88.2 Å². The van der Waals surface area contributed by atoms with Gasteiger partial charge in [-0.2, -0.15) is 0 Å². The molecule has 13 N–H and O–H groups in total. The average molecular weight is 1540 g/mol. The van der Waals surface area contributed by atoms with Crippen molar-refractivity contribution in [3.8, 4) is 0 Å². The Balaban J connectivity index is 0.000000215. The predicted molar refractivity (Wildman–Crippen MR) is 410 cm³/mol. The molecule has 590 valence electrons. The summed E-state index contributed by atoms with van der Waals surface area (Å²) in [7, 11) is 4.43. The average Bonchev–Trinajstić information content (AvgIpc) is 1.42. The highest BCUT2D eigenvalue weighted by Crippen LogP contribution is 2.32. The molecule has 0 aliphatic carbocycles. The number of likely N-dealkylation sites (tertiary alicyclic amines) is 3. The van der Waals surface area contributed by atoms with E-state index in [4.69, 9.17) is 48.9 Å². The molecule has 4 atom stereocenters. The monoisotopic (exact) mass is 1530 g/mol. The van der Waals surface area contributed by atoms with E-state index in [0.717, 1.165) is 121 Å². The molecule has 107 heavy (non-hydrogen) atoms. The molecule has 15 amide bonds. The summed E-state index contributed by atoms with van der Waals surface area (Å²) in [5.74, 6) is -0.328. The van der Waals surface area contributed by atoms with E-state index >= 15 is 0 Å². The summed E-state index contributed by atoms with van der Waals surface area (Å²) < 4.78 is 15.4. The number of ether oxygens (including phenoxy) is 3. The van der Waals surface area contributed by atoms with Gasteiger partial charge in [0.05, 0.1) is 11.0 Å². The number of fused-ring (bicyclic) bond motifs is 2. The van der Waals surface area contributed by atoms with Crippen molar-refractivity contribution in [2.45, 2.75) is 180 Å². The molecule has 6 saturated heterocycles. The highest BCUT2D eigenvalue weighted by atomic mass is 35.5. The van der Waals surface area contributed by atoms with Crippen LogP contribution in [0.3, 0.4) is 0 Å². The van der Waals surface area contributed by atoms with E-state index < -0.39 is 89.2 Å². The van der Waals surface area contributed by atoms with Gasteiger partial charge >= 0.3 is 42.4 Å². The molecule has 0 radical (unpaired) electrons. The number of benzene rings is 2. The summed E-state index contributed by atoms with van der Waals surface area (Å²) >= 11 is 12.1. The second kappa shape index (κ2) is 40.4. The van der Waals surface area contributed by atoms with Crippen LogP contribution in [0.15, 0.2) is 48.5 Å². The van der Waals surface area contributed by atoms with Crippen molar-refractivity contribution in [3.05, 3.63) is 58.6 Å². The number of pyridine rings is 2. The SMILES string of the molecule is CC(C)(C)OC(=O)N[C@H]1CCCCNC1=O.CNC(=O)N1CCCC[C@H](NC(=O)N2CCN(c3cc(N)nc4cc(Cl)ccc34)CC2)C1=O.CNC(=O)N1CCCC[C@H](NC(=O)OC(C)(C)C)C1=O.CNC(=O)N1CCCC[C@H](NC(=O)OC(C)(C)C)C1=O.Nc1cc(N2CCNCC2)c2ccc(Cl)cc2n1. The largest absolute Gasteiger partial charge is 0.444 e. The number of anilines is 4. The van der Waals surface area contributed by atoms with Crippen LogP contribution in [-0.2, 0) is 33.4 Å². The number of nitrogens with two attached hydrogens (primary N) is 2. The first-order chi connectivity index (χ1) is 50.5. The van der Waals surface area contributed by atoms with Crippen LogP contribution in [0.4, 0.5) is 56.6 Å². The summed E-state index contributed by atoms with van der Waals surface area (Å²) in [6.45, 7) is 23.8. The fraction of sp³-hybridized carbons (Fsp3) is 0.597. The number of carbonyl (C=O) groups is 11. The molecule has 10 rings (SSSR count). The molecule has 0 unspecified atom stereocenters. The lowest BCUT2D eigenvalue weighted by Gasteiger charge is -2.37. The first-order valence-electron chi connectivity index (χ1n) is 36.3. The molecule has 2 aromatic heterocycles. The summed E-state index contributed by atoms with van der Waals surface area (Å²) in [6, 6.07) is 10.8. The van der Waals surface area contributed by atoms with Crippen molar-refractivity contribution in [1.82, 2.24) is 77.4 Å². The lowest BCUT2D eigenvalue weighted by molar-refractivity contribution is -0.130. The maximum absolute atomic E-state index is 12.9. The van der Waals surface area contributed by atoms with Gasteiger partial charge in [0.15, 0.2) is 0 Å². The van der Waals surface area contributed by atoms with Crippen LogP contribution in [0.5, 0.6) is 0 Å². The Bertz CT molecular complexity index is 3680. The van der Waals surface area contributed by atoms with Gasteiger partial charge in [0.2, 0.25) is 5.91 Å². The number of hydrogen-bond acceptors (Lipinski definition) is 21. The summed E-state index contributed by atoms with van der Waals surface area (Å²) in [4.78, 5) is 150. The van der Waals surface area contributed by atoms with Crippen LogP contribution in [0.1, 0.15) is 139 Å². The van der Waals surface area contributed by atoms with Gasteiger partial charge in [-0.05, 0) is 176 Å². The zero-order chi connectivity index (χ0) is 78.9. The van der Waals surface area contributed by atoms with E-state index in [1.54, 1.807) is 73.3 Å². The van der Waals surface area contributed by atoms with Crippen molar-refractivity contribution in [1.29, 1.82) is 0 Å². The molecule has 6 aliphatic rings. The van der Waals surface area contributed by atoms with Gasteiger partial charge in [0, 0.05) is 144 Å². The van der Waals surface area contributed by atoms with E-state index in [0.29, 0.717) is 99.7 Å². The van der Waals surface area contributed by atoms with E-state index in [9.17, 15) is 52.7 Å². The van der Waals surface area contributed by atoms with E-state index in [-0.39, 0.29) is 17.8 Å². The molecule has 6 fully saturated rings. The number of piperazine rings is 2. The summed E-state index contributed by atoms with van der Waals surface area (Å²) in [5, 5.41) is 27.3. The van der Waals surface area contributed by atoms with Gasteiger partial charge in [-0.1, -0.05) is 23.2 Å². The number of nitrogens with one attached hydrogen (secondary N) is 9. The summed E-state index contributed by atoms with van der Waals surface area (Å²) in [5.41, 5.74) is 13.8. The number of alkyl carbamates (subject to hydrolysis) is 3. The van der Waals surface area contributed by atoms with Crippen molar-refractivity contribution >= 4 is 134 Å². The Morgan fingerprint density at radius 1 is 0.439 bits per heavy atom. The molecule has 6 aliphatic heterocycles. The quantitative estimate of drug-likeness (QED) is 0.0830. The van der Waals surface area contributed by atoms with Crippen molar-refractivity contribution < 1.29 is 67.0 Å². The standard InChI is InChI=1S/C22H28ClN7O3.C13H15ClN4.2C13H23N3O4.C11H20N2O3/c1-25-21(32)30-7-3-2-4-16(20(30)31)27-22(33)29-10-8-28(9-11-29)18-13-19(24)26-17-12-14(23)5-6-15(17)18;14-9-1-2-10-11(7-9)17-13(15)8-12(10)18-5-3-16-4-6-18;2*1-13(2,3)20-12(19)15-9-7-5-6-8-16(10(9)17)11(18)14-4;1-11(2,3)16-10(15)13-8-6-4-5-7-12-9(8)14/h5-6,12-13,16H,2-4,7-11H2,1H3,(H2,24,26)(H,25,32)(H,27,33);1-2,7-8,16H,3-6H2,(H2,15,17);2*9H,5-8H2,1-4H3,(H,14,18)(H,15,19);8H,4-7H2,1-3H3,(H,12,14)(H,13,15)/t16-;;2*9-;8-/m0.000/s1. The highest BCUT2D eigenvalue weighted by molar-refractivity contribution is 6.31. The van der Waals surface area contributed by atoms with Crippen LogP contribution in [0, 0.1) is 0 Å². The maximum Gasteiger partial charge on any atom is 0.408 e. The number of imide groups is 3. The number of halogens is 2. The van der Waals surface area contributed by atoms with Crippen molar-refractivity contribution in [3.63, 3.8) is 0 Å². The predicted octanol–water partition coefficient (Wildman–Crippen LogP) is 7.55. The van der Waals surface area contributed by atoms with Crippen LogP contribution in [0.25, 0.3) is 21.8 Å². The smallest absolute Gasteiger partial charge is 0.408 e.